The maximum Gasteiger partial charge on any atom is 0.253 e. The molecule has 1 aliphatic heterocycles. The number of piperazine rings is 1. The zero-order valence-electron chi connectivity index (χ0n) is 20.8. The molecule has 0 radical (unpaired) electrons. The molecule has 6 heteroatoms. The summed E-state index contributed by atoms with van der Waals surface area (Å²) in [5.74, 6) is 2.27. The second kappa shape index (κ2) is 11.1. The molecule has 1 aliphatic rings. The van der Waals surface area contributed by atoms with Gasteiger partial charge in [-0.25, -0.2) is 4.98 Å². The molecule has 36 heavy (non-hydrogen) atoms. The molecule has 184 valence electrons. The summed E-state index contributed by atoms with van der Waals surface area (Å²) >= 11 is 1.75. The Bertz CT molecular complexity index is 1290. The average Bonchev–Trinajstić information content (AvgIpc) is 3.29. The van der Waals surface area contributed by atoms with E-state index >= 15 is 0 Å². The number of amides is 1. The summed E-state index contributed by atoms with van der Waals surface area (Å²) in [7, 11) is 0. The Balaban J connectivity index is 1.17. The monoisotopic (exact) mass is 497 g/mol. The van der Waals surface area contributed by atoms with Crippen molar-refractivity contribution in [3.8, 4) is 11.5 Å². The van der Waals surface area contributed by atoms with Gasteiger partial charge in [-0.2, -0.15) is 0 Å². The molecular weight excluding hydrogens is 466 g/mol. The Labute approximate surface area is 217 Å². The van der Waals surface area contributed by atoms with Gasteiger partial charge in [0.25, 0.3) is 5.91 Å². The molecule has 1 amide bonds. The highest BCUT2D eigenvalue weighted by Crippen LogP contribution is 2.28. The summed E-state index contributed by atoms with van der Waals surface area (Å²) in [5, 5.41) is 0. The number of oxazole rings is 1. The predicted octanol–water partition coefficient (Wildman–Crippen LogP) is 6.21. The van der Waals surface area contributed by atoms with E-state index in [-0.39, 0.29) is 5.91 Å². The van der Waals surface area contributed by atoms with Crippen LogP contribution in [0.25, 0.3) is 11.5 Å². The highest BCUT2D eigenvalue weighted by molar-refractivity contribution is 7.98. The van der Waals surface area contributed by atoms with Gasteiger partial charge in [0.15, 0.2) is 0 Å². The number of carbonyl (C=O) groups excluding carboxylic acids is 1. The number of nitrogens with zero attached hydrogens (tertiary/aromatic N) is 3. The topological polar surface area (TPSA) is 49.6 Å². The maximum absolute atomic E-state index is 13.1. The molecule has 0 spiro atoms. The van der Waals surface area contributed by atoms with E-state index < -0.39 is 0 Å². The minimum Gasteiger partial charge on any atom is -0.441 e. The second-order valence-electron chi connectivity index (χ2n) is 9.25. The summed E-state index contributed by atoms with van der Waals surface area (Å²) in [6, 6.07) is 26.6. The number of carbonyl (C=O) groups is 1. The first-order chi connectivity index (χ1) is 17.5. The lowest BCUT2D eigenvalue weighted by Crippen LogP contribution is -2.48. The van der Waals surface area contributed by atoms with Crippen LogP contribution in [0.3, 0.4) is 0 Å². The first-order valence-electron chi connectivity index (χ1n) is 12.4. The molecule has 1 fully saturated rings. The molecule has 1 aromatic heterocycles. The molecule has 0 saturated carbocycles. The van der Waals surface area contributed by atoms with Gasteiger partial charge in [-0.1, -0.05) is 48.0 Å². The van der Waals surface area contributed by atoms with Gasteiger partial charge in [-0.3, -0.25) is 9.69 Å². The highest BCUT2D eigenvalue weighted by atomic mass is 32.2. The lowest BCUT2D eigenvalue weighted by atomic mass is 10.1. The SMILES string of the molecule is Cc1ccc(SCc2nc(-c3ccc(C(=O)N4CCN(Cc5ccccc5)CC4)cc3)oc2C)cc1. The molecule has 5 rings (SSSR count). The van der Waals surface area contributed by atoms with Crippen LogP contribution in [0.15, 0.2) is 88.2 Å². The minimum atomic E-state index is 0.0830. The van der Waals surface area contributed by atoms with Crippen molar-refractivity contribution >= 4 is 17.7 Å². The Morgan fingerprint density at radius 3 is 2.28 bits per heavy atom. The van der Waals surface area contributed by atoms with Crippen LogP contribution in [0, 0.1) is 13.8 Å². The van der Waals surface area contributed by atoms with Crippen LogP contribution in [-0.2, 0) is 12.3 Å². The maximum atomic E-state index is 13.1. The van der Waals surface area contributed by atoms with Gasteiger partial charge < -0.3 is 9.32 Å². The predicted molar refractivity (Wildman–Crippen MR) is 145 cm³/mol. The van der Waals surface area contributed by atoms with Crippen molar-refractivity contribution in [1.82, 2.24) is 14.8 Å². The van der Waals surface area contributed by atoms with Gasteiger partial charge in [-0.05, 0) is 55.8 Å². The van der Waals surface area contributed by atoms with E-state index in [1.165, 1.54) is 16.0 Å². The summed E-state index contributed by atoms with van der Waals surface area (Å²) < 4.78 is 5.96. The fourth-order valence-electron chi connectivity index (χ4n) is 4.36. The molecular formula is C30H31N3O2S. The number of hydrogen-bond donors (Lipinski definition) is 0. The van der Waals surface area contributed by atoms with Crippen LogP contribution >= 0.6 is 11.8 Å². The molecule has 1 saturated heterocycles. The smallest absolute Gasteiger partial charge is 0.253 e. The zero-order valence-corrected chi connectivity index (χ0v) is 21.6. The van der Waals surface area contributed by atoms with Crippen molar-refractivity contribution < 1.29 is 9.21 Å². The number of aryl methyl sites for hydroxylation is 2. The molecule has 0 unspecified atom stereocenters. The van der Waals surface area contributed by atoms with E-state index in [1.807, 2.05) is 42.2 Å². The molecule has 5 nitrogen and oxygen atoms in total. The summed E-state index contributed by atoms with van der Waals surface area (Å²) in [6.07, 6.45) is 0. The van der Waals surface area contributed by atoms with E-state index in [0.29, 0.717) is 11.5 Å². The quantitative estimate of drug-likeness (QED) is 0.284. The van der Waals surface area contributed by atoms with Gasteiger partial charge >= 0.3 is 0 Å². The standard InChI is InChI=1S/C30H31N3O2S/c1-22-8-14-27(15-9-22)36-21-28-23(2)35-29(31-28)25-10-12-26(13-11-25)30(34)33-18-16-32(17-19-33)20-24-6-4-3-5-7-24/h3-15H,16-21H2,1-2H3. The Morgan fingerprint density at radius 1 is 0.889 bits per heavy atom. The third-order valence-corrected chi connectivity index (χ3v) is 7.60. The first-order valence-corrected chi connectivity index (χ1v) is 13.4. The van der Waals surface area contributed by atoms with Crippen LogP contribution < -0.4 is 0 Å². The van der Waals surface area contributed by atoms with Gasteiger partial charge in [0.05, 0.1) is 5.69 Å². The van der Waals surface area contributed by atoms with Crippen LogP contribution in [0.1, 0.15) is 32.9 Å². The third kappa shape index (κ3) is 5.89. The summed E-state index contributed by atoms with van der Waals surface area (Å²) in [6.45, 7) is 8.24. The summed E-state index contributed by atoms with van der Waals surface area (Å²) in [5.41, 5.74) is 5.10. The largest absolute Gasteiger partial charge is 0.441 e. The average molecular weight is 498 g/mol. The van der Waals surface area contributed by atoms with Crippen LogP contribution in [0.2, 0.25) is 0 Å². The number of benzene rings is 3. The van der Waals surface area contributed by atoms with Gasteiger partial charge in [0.1, 0.15) is 5.76 Å². The lowest BCUT2D eigenvalue weighted by Gasteiger charge is -2.34. The van der Waals surface area contributed by atoms with E-state index in [9.17, 15) is 4.79 Å². The van der Waals surface area contributed by atoms with Crippen LogP contribution in [0.4, 0.5) is 0 Å². The molecule has 0 bridgehead atoms. The molecule has 0 atom stereocenters. The van der Waals surface area contributed by atoms with Crippen molar-refractivity contribution in [2.75, 3.05) is 26.2 Å². The second-order valence-corrected chi connectivity index (χ2v) is 10.3. The highest BCUT2D eigenvalue weighted by Gasteiger charge is 2.22. The number of aromatic nitrogens is 1. The summed E-state index contributed by atoms with van der Waals surface area (Å²) in [4.78, 5) is 23.4. The van der Waals surface area contributed by atoms with Gasteiger partial charge in [0, 0.05) is 54.5 Å². The Morgan fingerprint density at radius 2 is 1.58 bits per heavy atom. The van der Waals surface area contributed by atoms with Crippen molar-refractivity contribution in [2.24, 2.45) is 0 Å². The first kappa shape index (κ1) is 24.3. The fourth-order valence-corrected chi connectivity index (χ4v) is 5.26. The van der Waals surface area contributed by atoms with Crippen molar-refractivity contribution in [2.45, 2.75) is 31.0 Å². The van der Waals surface area contributed by atoms with E-state index in [1.54, 1.807) is 11.8 Å². The van der Waals surface area contributed by atoms with Crippen molar-refractivity contribution in [1.29, 1.82) is 0 Å². The number of rotatable bonds is 7. The van der Waals surface area contributed by atoms with Gasteiger partial charge in [0.2, 0.25) is 5.89 Å². The van der Waals surface area contributed by atoms with E-state index in [4.69, 9.17) is 9.40 Å². The Kier molecular flexibility index (Phi) is 7.54. The molecule has 0 N–H and O–H groups in total. The van der Waals surface area contributed by atoms with E-state index in [0.717, 1.165) is 55.5 Å². The number of thioether (sulfide) groups is 1. The van der Waals surface area contributed by atoms with Crippen molar-refractivity contribution in [3.05, 3.63) is 107 Å². The van der Waals surface area contributed by atoms with Gasteiger partial charge in [-0.15, -0.1) is 11.8 Å². The molecule has 3 aromatic carbocycles. The molecule has 0 aliphatic carbocycles. The molecule has 2 heterocycles. The van der Waals surface area contributed by atoms with Crippen LogP contribution in [-0.4, -0.2) is 46.9 Å². The van der Waals surface area contributed by atoms with Crippen molar-refractivity contribution in [3.63, 3.8) is 0 Å². The fraction of sp³-hybridized carbons (Fsp3) is 0.267. The zero-order chi connectivity index (χ0) is 24.9. The van der Waals surface area contributed by atoms with Crippen LogP contribution in [0.5, 0.6) is 0 Å². The van der Waals surface area contributed by atoms with E-state index in [2.05, 4.69) is 60.4 Å². The number of hydrogen-bond acceptors (Lipinski definition) is 5. The minimum absolute atomic E-state index is 0.0830. The Hall–Kier alpha value is -3.35. The normalized spacial score (nSPS) is 14.2. The molecule has 4 aromatic rings. The lowest BCUT2D eigenvalue weighted by molar-refractivity contribution is 0.0628. The third-order valence-electron chi connectivity index (χ3n) is 6.58.